The third kappa shape index (κ3) is 4.56. The van der Waals surface area contributed by atoms with E-state index < -0.39 is 24.0 Å². The van der Waals surface area contributed by atoms with Gasteiger partial charge in [-0.1, -0.05) is 18.2 Å². The summed E-state index contributed by atoms with van der Waals surface area (Å²) >= 11 is 0. The number of nitrogens with one attached hydrogen (secondary N) is 2. The molecule has 2 aromatic rings. The van der Waals surface area contributed by atoms with Crippen LogP contribution >= 0.6 is 0 Å². The lowest BCUT2D eigenvalue weighted by molar-refractivity contribution is -0.142. The molecule has 0 unspecified atom stereocenters. The van der Waals surface area contributed by atoms with Crippen molar-refractivity contribution in [2.75, 3.05) is 6.54 Å². The number of carboxylic acid groups (broad SMARTS) is 1. The fourth-order valence-corrected chi connectivity index (χ4v) is 2.66. The van der Waals surface area contributed by atoms with Crippen LogP contribution in [0.1, 0.15) is 24.8 Å². The summed E-state index contributed by atoms with van der Waals surface area (Å²) < 4.78 is 0. The van der Waals surface area contributed by atoms with E-state index in [-0.39, 0.29) is 0 Å². The van der Waals surface area contributed by atoms with Crippen molar-refractivity contribution < 1.29 is 14.7 Å². The van der Waals surface area contributed by atoms with Gasteiger partial charge >= 0.3 is 5.97 Å². The number of rotatable bonds is 9. The van der Waals surface area contributed by atoms with Crippen molar-refractivity contribution in [1.82, 2.24) is 10.3 Å². The van der Waals surface area contributed by atoms with Crippen LogP contribution in [0, 0.1) is 0 Å². The minimum absolute atomic E-state index is 0.338. The summed E-state index contributed by atoms with van der Waals surface area (Å²) in [5.41, 5.74) is 13.3. The van der Waals surface area contributed by atoms with Crippen molar-refractivity contribution in [3.05, 3.63) is 36.0 Å². The average Bonchev–Trinajstić information content (AvgIpc) is 2.97. The third-order valence-electron chi connectivity index (χ3n) is 4.01. The Balaban J connectivity index is 1.96. The standard InChI is InChI=1S/C17H24N4O3/c18-8-4-3-7-15(17(23)24)21-16(22)13(19)9-11-10-20-14-6-2-1-5-12(11)14/h1-2,5-6,10,13,15,20H,3-4,7-9,18-19H2,(H,21,22)(H,23,24)/t13-,15-/m1/s1. The topological polar surface area (TPSA) is 134 Å². The lowest BCUT2D eigenvalue weighted by Crippen LogP contribution is -2.49. The molecular formula is C17H24N4O3. The van der Waals surface area contributed by atoms with Gasteiger partial charge in [0.1, 0.15) is 6.04 Å². The number of nitrogens with two attached hydrogens (primary N) is 2. The fraction of sp³-hybridized carbons (Fsp3) is 0.412. The summed E-state index contributed by atoms with van der Waals surface area (Å²) in [5, 5.41) is 12.7. The van der Waals surface area contributed by atoms with Gasteiger partial charge < -0.3 is 26.9 Å². The zero-order chi connectivity index (χ0) is 17.5. The number of benzene rings is 1. The maximum Gasteiger partial charge on any atom is 0.326 e. The van der Waals surface area contributed by atoms with E-state index in [1.165, 1.54) is 0 Å². The van der Waals surface area contributed by atoms with E-state index >= 15 is 0 Å². The van der Waals surface area contributed by atoms with E-state index in [1.54, 1.807) is 0 Å². The molecule has 1 aromatic carbocycles. The van der Waals surface area contributed by atoms with Crippen molar-refractivity contribution in [3.63, 3.8) is 0 Å². The van der Waals surface area contributed by atoms with Gasteiger partial charge in [0, 0.05) is 17.1 Å². The lowest BCUT2D eigenvalue weighted by atomic mass is 10.0. The van der Waals surface area contributed by atoms with Gasteiger partial charge in [0.15, 0.2) is 0 Å². The molecule has 0 aliphatic rings. The van der Waals surface area contributed by atoms with E-state index in [0.717, 1.165) is 22.9 Å². The van der Waals surface area contributed by atoms with Crippen LogP contribution in [0.2, 0.25) is 0 Å². The van der Waals surface area contributed by atoms with Gasteiger partial charge in [0.25, 0.3) is 0 Å². The Morgan fingerprint density at radius 1 is 1.25 bits per heavy atom. The van der Waals surface area contributed by atoms with Crippen LogP contribution in [-0.4, -0.2) is 40.6 Å². The normalized spacial score (nSPS) is 13.6. The minimum atomic E-state index is -1.06. The van der Waals surface area contributed by atoms with Gasteiger partial charge in [-0.05, 0) is 43.9 Å². The number of carbonyl (C=O) groups is 2. The number of amides is 1. The van der Waals surface area contributed by atoms with Gasteiger partial charge in [-0.2, -0.15) is 0 Å². The predicted octanol–water partition coefficient (Wildman–Crippen LogP) is 0.736. The van der Waals surface area contributed by atoms with Crippen molar-refractivity contribution in [3.8, 4) is 0 Å². The smallest absolute Gasteiger partial charge is 0.326 e. The first-order valence-electron chi connectivity index (χ1n) is 8.06. The number of hydrogen-bond acceptors (Lipinski definition) is 4. The zero-order valence-electron chi connectivity index (χ0n) is 13.5. The predicted molar refractivity (Wildman–Crippen MR) is 92.5 cm³/mol. The number of carbonyl (C=O) groups excluding carboxylic acids is 1. The van der Waals surface area contributed by atoms with Crippen LogP contribution in [0.4, 0.5) is 0 Å². The summed E-state index contributed by atoms with van der Waals surface area (Å²) in [6.45, 7) is 0.500. The summed E-state index contributed by atoms with van der Waals surface area (Å²) in [5.74, 6) is -1.51. The molecule has 1 amide bonds. The molecule has 2 rings (SSSR count). The second-order valence-electron chi connectivity index (χ2n) is 5.85. The fourth-order valence-electron chi connectivity index (χ4n) is 2.66. The van der Waals surface area contributed by atoms with E-state index in [9.17, 15) is 14.7 Å². The molecule has 2 atom stereocenters. The Morgan fingerprint density at radius 2 is 2.00 bits per heavy atom. The van der Waals surface area contributed by atoms with Gasteiger partial charge in [-0.3, -0.25) is 4.79 Å². The van der Waals surface area contributed by atoms with Crippen LogP contribution in [-0.2, 0) is 16.0 Å². The highest BCUT2D eigenvalue weighted by atomic mass is 16.4. The first-order valence-corrected chi connectivity index (χ1v) is 8.06. The van der Waals surface area contributed by atoms with Gasteiger partial charge in [-0.25, -0.2) is 4.79 Å². The molecule has 7 nitrogen and oxygen atoms in total. The van der Waals surface area contributed by atoms with Crippen molar-refractivity contribution in [2.45, 2.75) is 37.8 Å². The van der Waals surface area contributed by atoms with Gasteiger partial charge in [0.2, 0.25) is 5.91 Å². The summed E-state index contributed by atoms with van der Waals surface area (Å²) in [7, 11) is 0. The molecule has 0 saturated carbocycles. The summed E-state index contributed by atoms with van der Waals surface area (Å²) in [4.78, 5) is 26.6. The molecule has 1 heterocycles. The van der Waals surface area contributed by atoms with Crippen LogP contribution < -0.4 is 16.8 Å². The zero-order valence-corrected chi connectivity index (χ0v) is 13.5. The molecule has 0 bridgehead atoms. The van der Waals surface area contributed by atoms with Gasteiger partial charge in [-0.15, -0.1) is 0 Å². The number of H-pyrrole nitrogens is 1. The maximum absolute atomic E-state index is 12.2. The maximum atomic E-state index is 12.2. The second-order valence-corrected chi connectivity index (χ2v) is 5.85. The highest BCUT2D eigenvalue weighted by Crippen LogP contribution is 2.18. The lowest BCUT2D eigenvalue weighted by Gasteiger charge is -2.17. The van der Waals surface area contributed by atoms with Crippen molar-refractivity contribution in [1.29, 1.82) is 0 Å². The number of aliphatic carboxylic acids is 1. The van der Waals surface area contributed by atoms with E-state index in [4.69, 9.17) is 11.5 Å². The van der Waals surface area contributed by atoms with Crippen LogP contribution in [0.5, 0.6) is 0 Å². The molecule has 0 radical (unpaired) electrons. The Bertz CT molecular complexity index is 698. The molecule has 0 aliphatic carbocycles. The minimum Gasteiger partial charge on any atom is -0.480 e. The SMILES string of the molecule is NCCCC[C@@H](NC(=O)[C@H](N)Cc1c[nH]c2ccccc12)C(=O)O. The summed E-state index contributed by atoms with van der Waals surface area (Å²) in [6, 6.07) is 6.01. The second kappa shape index (κ2) is 8.47. The van der Waals surface area contributed by atoms with Crippen LogP contribution in [0.15, 0.2) is 30.5 Å². The third-order valence-corrected chi connectivity index (χ3v) is 4.01. The van der Waals surface area contributed by atoms with Crippen molar-refractivity contribution in [2.24, 2.45) is 11.5 Å². The Hall–Kier alpha value is -2.38. The Morgan fingerprint density at radius 3 is 2.71 bits per heavy atom. The molecular weight excluding hydrogens is 308 g/mol. The van der Waals surface area contributed by atoms with Crippen LogP contribution in [0.3, 0.4) is 0 Å². The first-order chi connectivity index (χ1) is 11.5. The highest BCUT2D eigenvalue weighted by molar-refractivity contribution is 5.88. The Labute approximate surface area is 140 Å². The van der Waals surface area contributed by atoms with E-state index in [1.807, 2.05) is 30.5 Å². The average molecular weight is 332 g/mol. The molecule has 7 N–H and O–H groups in total. The first kappa shape index (κ1) is 18.0. The van der Waals surface area contributed by atoms with E-state index in [0.29, 0.717) is 25.8 Å². The molecule has 0 aliphatic heterocycles. The molecule has 0 spiro atoms. The highest BCUT2D eigenvalue weighted by Gasteiger charge is 2.23. The molecule has 1 aromatic heterocycles. The summed E-state index contributed by atoms with van der Waals surface area (Å²) in [6.07, 6.45) is 3.88. The molecule has 7 heteroatoms. The number of hydrogen-bond donors (Lipinski definition) is 5. The molecule has 24 heavy (non-hydrogen) atoms. The van der Waals surface area contributed by atoms with Crippen LogP contribution in [0.25, 0.3) is 10.9 Å². The van der Waals surface area contributed by atoms with Gasteiger partial charge in [0.05, 0.1) is 6.04 Å². The quantitative estimate of drug-likeness (QED) is 0.432. The van der Waals surface area contributed by atoms with Crippen molar-refractivity contribution >= 4 is 22.8 Å². The number of fused-ring (bicyclic) bond motifs is 1. The number of para-hydroxylation sites is 1. The Kier molecular flexibility index (Phi) is 6.34. The number of aromatic nitrogens is 1. The largest absolute Gasteiger partial charge is 0.480 e. The van der Waals surface area contributed by atoms with E-state index in [2.05, 4.69) is 10.3 Å². The molecule has 0 fully saturated rings. The number of carboxylic acids is 1. The monoisotopic (exact) mass is 332 g/mol. The molecule has 0 saturated heterocycles. The number of unbranched alkanes of at least 4 members (excludes halogenated alkanes) is 1. The molecule has 130 valence electrons. The number of aromatic amines is 1.